The van der Waals surface area contributed by atoms with Crippen LogP contribution in [-0.2, 0) is 13.6 Å². The third-order valence-corrected chi connectivity index (χ3v) is 3.57. The molecule has 0 unspecified atom stereocenters. The minimum absolute atomic E-state index is 0.00871. The molecule has 16 heavy (non-hydrogen) atoms. The molecule has 0 saturated heterocycles. The summed E-state index contributed by atoms with van der Waals surface area (Å²) in [7, 11) is -1.66. The molecule has 0 aliphatic carbocycles. The maximum absolute atomic E-state index is 5.53. The standard InChI is InChI=1S/C8H11Cl4O3P/c1-4-13-16(14-5(2)7(9)10)15-6(3)8(11)12/h4H2,1-3H3. The summed E-state index contributed by atoms with van der Waals surface area (Å²) in [6.07, 6.45) is 0. The van der Waals surface area contributed by atoms with Crippen molar-refractivity contribution in [2.75, 3.05) is 6.61 Å². The van der Waals surface area contributed by atoms with Crippen LogP contribution in [0.1, 0.15) is 20.8 Å². The minimum atomic E-state index is -1.66. The summed E-state index contributed by atoms with van der Waals surface area (Å²) >= 11 is 22.1. The van der Waals surface area contributed by atoms with Gasteiger partial charge in [0.15, 0.2) is 0 Å². The molecule has 0 aromatic carbocycles. The summed E-state index contributed by atoms with van der Waals surface area (Å²) in [5.41, 5.74) is 0. The molecule has 0 bridgehead atoms. The summed E-state index contributed by atoms with van der Waals surface area (Å²) in [4.78, 5) is 0. The highest BCUT2D eigenvalue weighted by molar-refractivity contribution is 7.42. The highest BCUT2D eigenvalue weighted by atomic mass is 35.5. The van der Waals surface area contributed by atoms with Gasteiger partial charge in [0, 0.05) is 0 Å². The molecule has 0 spiro atoms. The lowest BCUT2D eigenvalue weighted by Gasteiger charge is -2.17. The summed E-state index contributed by atoms with van der Waals surface area (Å²) in [5, 5.41) is 0. The molecular formula is C8H11Cl4O3P. The molecule has 0 N–H and O–H groups in total. The Morgan fingerprint density at radius 2 is 1.31 bits per heavy atom. The fraction of sp³-hybridized carbons (Fsp3) is 0.500. The predicted octanol–water partition coefficient (Wildman–Crippen LogP) is 5.62. The normalized spacial score (nSPS) is 10.0. The van der Waals surface area contributed by atoms with Crippen molar-refractivity contribution in [3.8, 4) is 0 Å². The maximum Gasteiger partial charge on any atom is 0.462 e. The maximum atomic E-state index is 5.53. The van der Waals surface area contributed by atoms with Gasteiger partial charge in [-0.25, -0.2) is 0 Å². The van der Waals surface area contributed by atoms with Crippen molar-refractivity contribution >= 4 is 55.0 Å². The third kappa shape index (κ3) is 7.05. The third-order valence-electron chi connectivity index (χ3n) is 1.19. The second kappa shape index (κ2) is 8.68. The van der Waals surface area contributed by atoms with Crippen LogP contribution in [0.15, 0.2) is 20.5 Å². The van der Waals surface area contributed by atoms with Crippen LogP contribution >= 0.6 is 55.0 Å². The fourth-order valence-electron chi connectivity index (χ4n) is 0.469. The molecule has 0 aromatic heterocycles. The van der Waals surface area contributed by atoms with E-state index in [1.807, 2.05) is 0 Å². The van der Waals surface area contributed by atoms with Gasteiger partial charge in [-0.15, -0.1) is 0 Å². The van der Waals surface area contributed by atoms with Gasteiger partial charge in [0.1, 0.15) is 20.5 Å². The Hall–Kier alpha value is 0.630. The second-order valence-electron chi connectivity index (χ2n) is 2.46. The van der Waals surface area contributed by atoms with Crippen LogP contribution in [0.5, 0.6) is 0 Å². The molecule has 8 heteroatoms. The van der Waals surface area contributed by atoms with E-state index in [4.69, 9.17) is 60.0 Å². The van der Waals surface area contributed by atoms with Crippen molar-refractivity contribution in [3.63, 3.8) is 0 Å². The van der Waals surface area contributed by atoms with Gasteiger partial charge in [-0.2, -0.15) is 0 Å². The van der Waals surface area contributed by atoms with Crippen molar-refractivity contribution in [3.05, 3.63) is 20.5 Å². The van der Waals surface area contributed by atoms with Crippen molar-refractivity contribution in [1.29, 1.82) is 0 Å². The lowest BCUT2D eigenvalue weighted by atomic mass is 10.7. The molecule has 94 valence electrons. The average molecular weight is 328 g/mol. The van der Waals surface area contributed by atoms with Gasteiger partial charge in [0.2, 0.25) is 0 Å². The average Bonchev–Trinajstić information content (AvgIpc) is 2.17. The molecule has 0 fully saturated rings. The van der Waals surface area contributed by atoms with Crippen LogP contribution in [0, 0.1) is 0 Å². The van der Waals surface area contributed by atoms with Crippen molar-refractivity contribution < 1.29 is 13.6 Å². The van der Waals surface area contributed by atoms with Gasteiger partial charge in [-0.3, -0.25) is 4.52 Å². The van der Waals surface area contributed by atoms with E-state index in [1.54, 1.807) is 20.8 Å². The highest BCUT2D eigenvalue weighted by Crippen LogP contribution is 2.45. The van der Waals surface area contributed by atoms with Crippen LogP contribution in [0.4, 0.5) is 0 Å². The summed E-state index contributed by atoms with van der Waals surface area (Å²) in [6.45, 7) is 5.39. The smallest absolute Gasteiger partial charge is 0.420 e. The van der Waals surface area contributed by atoms with Crippen molar-refractivity contribution in [2.24, 2.45) is 0 Å². The van der Waals surface area contributed by atoms with Crippen molar-refractivity contribution in [1.82, 2.24) is 0 Å². The molecule has 0 radical (unpaired) electrons. The molecule has 0 rings (SSSR count). The van der Waals surface area contributed by atoms with Crippen LogP contribution in [0.3, 0.4) is 0 Å². The van der Waals surface area contributed by atoms with E-state index in [1.165, 1.54) is 0 Å². The zero-order valence-corrected chi connectivity index (χ0v) is 12.8. The number of hydrogen-bond acceptors (Lipinski definition) is 3. The Balaban J connectivity index is 4.52. The zero-order valence-electron chi connectivity index (χ0n) is 8.89. The molecule has 0 amide bonds. The molecule has 0 saturated carbocycles. The predicted molar refractivity (Wildman–Crippen MR) is 69.5 cm³/mol. The highest BCUT2D eigenvalue weighted by Gasteiger charge is 2.18. The van der Waals surface area contributed by atoms with Crippen molar-refractivity contribution in [2.45, 2.75) is 20.8 Å². The lowest BCUT2D eigenvalue weighted by Crippen LogP contribution is -1.94. The van der Waals surface area contributed by atoms with E-state index >= 15 is 0 Å². The zero-order chi connectivity index (χ0) is 12.7. The molecule has 0 aromatic rings. The fourth-order valence-corrected chi connectivity index (χ4v) is 1.82. The Kier molecular flexibility index (Phi) is 9.02. The van der Waals surface area contributed by atoms with E-state index < -0.39 is 8.60 Å². The molecule has 3 nitrogen and oxygen atoms in total. The Morgan fingerprint density at radius 1 is 0.938 bits per heavy atom. The van der Waals surface area contributed by atoms with E-state index in [0.717, 1.165) is 0 Å². The SMILES string of the molecule is CCOP(OC(C)=C(Cl)Cl)OC(C)=C(Cl)Cl. The summed E-state index contributed by atoms with van der Waals surface area (Å²) in [6, 6.07) is 0. The van der Waals surface area contributed by atoms with Gasteiger partial charge in [-0.1, -0.05) is 46.4 Å². The first-order valence-corrected chi connectivity index (χ1v) is 6.81. The van der Waals surface area contributed by atoms with E-state index in [-0.39, 0.29) is 8.98 Å². The largest absolute Gasteiger partial charge is 0.462 e. The molecular weight excluding hydrogens is 317 g/mol. The second-order valence-corrected chi connectivity index (χ2v) is 5.43. The van der Waals surface area contributed by atoms with Gasteiger partial charge in [0.05, 0.1) is 6.61 Å². The molecule has 0 aliphatic rings. The summed E-state index contributed by atoms with van der Waals surface area (Å²) < 4.78 is 15.7. The van der Waals surface area contributed by atoms with Crippen LogP contribution in [-0.4, -0.2) is 6.61 Å². The first-order valence-electron chi connectivity index (χ1n) is 4.21. The van der Waals surface area contributed by atoms with Crippen LogP contribution in [0.25, 0.3) is 0 Å². The Labute approximate surface area is 116 Å². The minimum Gasteiger partial charge on any atom is -0.420 e. The van der Waals surface area contributed by atoms with Crippen LogP contribution in [0.2, 0.25) is 0 Å². The lowest BCUT2D eigenvalue weighted by molar-refractivity contribution is 0.225. The summed E-state index contributed by atoms with van der Waals surface area (Å²) in [5.74, 6) is 0.614. The van der Waals surface area contributed by atoms with Crippen LogP contribution < -0.4 is 0 Å². The molecule has 0 aliphatic heterocycles. The van der Waals surface area contributed by atoms with Gasteiger partial charge >= 0.3 is 8.60 Å². The number of hydrogen-bond donors (Lipinski definition) is 0. The molecule has 0 atom stereocenters. The van der Waals surface area contributed by atoms with Gasteiger partial charge < -0.3 is 9.05 Å². The molecule has 0 heterocycles. The first-order chi connectivity index (χ1) is 7.38. The van der Waals surface area contributed by atoms with E-state index in [9.17, 15) is 0 Å². The Bertz CT molecular complexity index is 259. The Morgan fingerprint density at radius 3 is 1.56 bits per heavy atom. The van der Waals surface area contributed by atoms with E-state index in [2.05, 4.69) is 0 Å². The topological polar surface area (TPSA) is 27.7 Å². The van der Waals surface area contributed by atoms with Gasteiger partial charge in [-0.05, 0) is 20.8 Å². The number of halogens is 4. The van der Waals surface area contributed by atoms with Gasteiger partial charge in [0.25, 0.3) is 0 Å². The monoisotopic (exact) mass is 326 g/mol. The first kappa shape index (κ1) is 16.6. The number of allylic oxidation sites excluding steroid dienone is 2. The quantitative estimate of drug-likeness (QED) is 0.468. The number of rotatable bonds is 6. The van der Waals surface area contributed by atoms with E-state index in [0.29, 0.717) is 18.1 Å².